The molecule has 2 amide bonds. The molecule has 1 atom stereocenters. The molecule has 2 aromatic carbocycles. The summed E-state index contributed by atoms with van der Waals surface area (Å²) in [4.78, 5) is 12.1. The highest BCUT2D eigenvalue weighted by atomic mass is 127. The van der Waals surface area contributed by atoms with Crippen molar-refractivity contribution in [2.45, 2.75) is 9.96 Å². The van der Waals surface area contributed by atoms with Crippen LogP contribution in [0.1, 0.15) is 0 Å². The molecule has 0 fully saturated rings. The van der Waals surface area contributed by atoms with Crippen LogP contribution in [-0.2, 0) is 0 Å². The van der Waals surface area contributed by atoms with Crippen LogP contribution >= 0.6 is 69.6 Å². The lowest BCUT2D eigenvalue weighted by atomic mass is 10.3. The topological polar surface area (TPSA) is 65.2 Å². The Kier molecular flexibility index (Phi) is 8.03. The molecule has 0 aliphatic heterocycles. The van der Waals surface area contributed by atoms with Gasteiger partial charge < -0.3 is 21.3 Å². The van der Waals surface area contributed by atoms with Crippen molar-refractivity contribution in [3.05, 3.63) is 58.2 Å². The Morgan fingerprint density at radius 1 is 0.923 bits per heavy atom. The summed E-state index contributed by atoms with van der Waals surface area (Å²) in [6, 6.07) is 15.9. The third kappa shape index (κ3) is 7.32. The van der Waals surface area contributed by atoms with E-state index in [9.17, 15) is 4.79 Å². The Labute approximate surface area is 185 Å². The summed E-state index contributed by atoms with van der Waals surface area (Å²) in [5, 5.41) is 11.1. The summed E-state index contributed by atoms with van der Waals surface area (Å²) in [6.07, 6.45) is -1.06. The summed E-state index contributed by atoms with van der Waals surface area (Å²) in [5.74, 6) is 0. The predicted molar refractivity (Wildman–Crippen MR) is 121 cm³/mol. The maximum atomic E-state index is 12.1. The predicted octanol–water partition coefficient (Wildman–Crippen LogP) is 5.10. The molecule has 138 valence electrons. The zero-order chi connectivity index (χ0) is 19.2. The zero-order valence-corrected chi connectivity index (χ0v) is 18.3. The molecular weight excluding hydrogens is 530 g/mol. The summed E-state index contributed by atoms with van der Waals surface area (Å²) in [6.45, 7) is 0. The molecule has 0 spiro atoms. The van der Waals surface area contributed by atoms with E-state index in [1.165, 1.54) is 0 Å². The molecule has 0 aliphatic rings. The third-order valence-corrected chi connectivity index (χ3v) is 4.61. The second kappa shape index (κ2) is 9.80. The van der Waals surface area contributed by atoms with Gasteiger partial charge in [-0.3, -0.25) is 0 Å². The number of carbonyl (C=O) groups excluding carboxylic acids is 1. The molecule has 0 bridgehead atoms. The van der Waals surface area contributed by atoms with Crippen molar-refractivity contribution >= 4 is 92.1 Å². The summed E-state index contributed by atoms with van der Waals surface area (Å²) >= 11 is 25.3. The number of rotatable bonds is 4. The van der Waals surface area contributed by atoms with Crippen molar-refractivity contribution in [2.24, 2.45) is 0 Å². The van der Waals surface area contributed by atoms with E-state index in [2.05, 4.69) is 43.9 Å². The minimum atomic E-state index is -1.83. The number of thiocarbonyl (C=S) groups is 1. The van der Waals surface area contributed by atoms with Gasteiger partial charge >= 0.3 is 6.03 Å². The van der Waals surface area contributed by atoms with Crippen LogP contribution in [0.2, 0.25) is 0 Å². The SMILES string of the molecule is O=C(Nc1ccccc1)NC(NC(=S)Nc1ccc(I)cc1)C(Cl)(Cl)Cl. The molecule has 4 N–H and O–H groups in total. The quantitative estimate of drug-likeness (QED) is 0.188. The van der Waals surface area contributed by atoms with Gasteiger partial charge in [0.25, 0.3) is 0 Å². The van der Waals surface area contributed by atoms with Crippen LogP contribution in [0.3, 0.4) is 0 Å². The van der Waals surface area contributed by atoms with E-state index in [-0.39, 0.29) is 5.11 Å². The highest BCUT2D eigenvalue weighted by molar-refractivity contribution is 14.1. The monoisotopic (exact) mass is 542 g/mol. The van der Waals surface area contributed by atoms with Crippen LogP contribution in [0.15, 0.2) is 54.6 Å². The molecule has 2 aromatic rings. The fourth-order valence-corrected chi connectivity index (χ4v) is 2.77. The van der Waals surface area contributed by atoms with Gasteiger partial charge in [0, 0.05) is 14.9 Å². The number of alkyl halides is 3. The van der Waals surface area contributed by atoms with Gasteiger partial charge in [-0.2, -0.15) is 0 Å². The number of carbonyl (C=O) groups is 1. The van der Waals surface area contributed by atoms with Crippen molar-refractivity contribution in [2.75, 3.05) is 10.6 Å². The van der Waals surface area contributed by atoms with Crippen molar-refractivity contribution in [3.8, 4) is 0 Å². The minimum absolute atomic E-state index is 0.197. The van der Waals surface area contributed by atoms with Crippen molar-refractivity contribution in [1.29, 1.82) is 0 Å². The van der Waals surface area contributed by atoms with Gasteiger partial charge in [0.05, 0.1) is 0 Å². The lowest BCUT2D eigenvalue weighted by Crippen LogP contribution is -2.57. The first kappa shape index (κ1) is 21.3. The second-order valence-corrected chi connectivity index (χ2v) is 9.07. The highest BCUT2D eigenvalue weighted by Gasteiger charge is 2.34. The molecule has 0 saturated carbocycles. The molecule has 0 radical (unpaired) electrons. The zero-order valence-electron chi connectivity index (χ0n) is 13.1. The lowest BCUT2D eigenvalue weighted by Gasteiger charge is -2.27. The van der Waals surface area contributed by atoms with Gasteiger partial charge in [-0.1, -0.05) is 53.0 Å². The lowest BCUT2D eigenvalue weighted by molar-refractivity contribution is 0.247. The van der Waals surface area contributed by atoms with Gasteiger partial charge in [0.2, 0.25) is 3.79 Å². The fraction of sp³-hybridized carbons (Fsp3) is 0.125. The van der Waals surface area contributed by atoms with E-state index in [0.717, 1.165) is 9.26 Å². The Morgan fingerprint density at radius 2 is 1.50 bits per heavy atom. The van der Waals surface area contributed by atoms with Crippen LogP contribution in [0.5, 0.6) is 0 Å². The number of nitrogens with one attached hydrogen (secondary N) is 4. The first-order valence-electron chi connectivity index (χ1n) is 7.26. The van der Waals surface area contributed by atoms with E-state index in [1.807, 2.05) is 30.3 Å². The molecule has 26 heavy (non-hydrogen) atoms. The number of amides is 2. The largest absolute Gasteiger partial charge is 0.339 e. The number of hydrogen-bond donors (Lipinski definition) is 4. The summed E-state index contributed by atoms with van der Waals surface area (Å²) < 4.78 is -0.739. The van der Waals surface area contributed by atoms with Crippen LogP contribution in [-0.4, -0.2) is 21.1 Å². The Morgan fingerprint density at radius 3 is 2.08 bits per heavy atom. The first-order chi connectivity index (χ1) is 12.2. The normalized spacial score (nSPS) is 12.0. The van der Waals surface area contributed by atoms with E-state index in [4.69, 9.17) is 47.0 Å². The molecule has 0 heterocycles. The number of benzene rings is 2. The van der Waals surface area contributed by atoms with Gasteiger partial charge in [0.15, 0.2) is 11.3 Å². The molecule has 0 saturated heterocycles. The van der Waals surface area contributed by atoms with E-state index in [0.29, 0.717) is 5.69 Å². The van der Waals surface area contributed by atoms with Crippen LogP contribution in [0, 0.1) is 3.57 Å². The maximum absolute atomic E-state index is 12.1. The number of para-hydroxylation sites is 1. The van der Waals surface area contributed by atoms with Gasteiger partial charge in [-0.15, -0.1) is 0 Å². The molecule has 0 aromatic heterocycles. The van der Waals surface area contributed by atoms with Crippen LogP contribution < -0.4 is 21.3 Å². The van der Waals surface area contributed by atoms with Crippen LogP contribution in [0.25, 0.3) is 0 Å². The van der Waals surface area contributed by atoms with E-state index < -0.39 is 16.0 Å². The van der Waals surface area contributed by atoms with Gasteiger partial charge in [0.1, 0.15) is 0 Å². The Balaban J connectivity index is 1.97. The molecule has 1 unspecified atom stereocenters. The minimum Gasteiger partial charge on any atom is -0.339 e. The molecule has 10 heteroatoms. The maximum Gasteiger partial charge on any atom is 0.320 e. The first-order valence-corrected chi connectivity index (χ1v) is 9.88. The summed E-state index contributed by atoms with van der Waals surface area (Å²) in [7, 11) is 0. The van der Waals surface area contributed by atoms with Crippen molar-refractivity contribution < 1.29 is 4.79 Å². The number of urea groups is 1. The molecule has 5 nitrogen and oxygen atoms in total. The standard InChI is InChI=1S/C16H14Cl3IN4OS/c17-16(18,19)13(23-14(25)21-11-4-2-1-3-5-11)24-15(26)22-12-8-6-10(20)7-9-12/h1-9,13H,(H2,21,23,25)(H2,22,24,26). The molecule has 0 aliphatic carbocycles. The average Bonchev–Trinajstić information content (AvgIpc) is 2.56. The summed E-state index contributed by atoms with van der Waals surface area (Å²) in [5.41, 5.74) is 1.37. The number of hydrogen-bond acceptors (Lipinski definition) is 2. The van der Waals surface area contributed by atoms with Crippen molar-refractivity contribution in [1.82, 2.24) is 10.6 Å². The average molecular weight is 544 g/mol. The van der Waals surface area contributed by atoms with Crippen molar-refractivity contribution in [3.63, 3.8) is 0 Å². The Bertz CT molecular complexity index is 756. The smallest absolute Gasteiger partial charge is 0.320 e. The van der Waals surface area contributed by atoms with E-state index >= 15 is 0 Å². The molecular formula is C16H14Cl3IN4OS. The van der Waals surface area contributed by atoms with E-state index in [1.54, 1.807) is 24.3 Å². The van der Waals surface area contributed by atoms with Crippen LogP contribution in [0.4, 0.5) is 16.2 Å². The Hall–Kier alpha value is -1.000. The highest BCUT2D eigenvalue weighted by Crippen LogP contribution is 2.29. The number of halogens is 4. The third-order valence-electron chi connectivity index (χ3n) is 3.01. The fourth-order valence-electron chi connectivity index (χ4n) is 1.85. The van der Waals surface area contributed by atoms with Gasteiger partial charge in [-0.05, 0) is 71.2 Å². The number of anilines is 2. The second-order valence-electron chi connectivity index (χ2n) is 5.04. The van der Waals surface area contributed by atoms with Gasteiger partial charge in [-0.25, -0.2) is 4.79 Å². The molecule has 2 rings (SSSR count).